The summed E-state index contributed by atoms with van der Waals surface area (Å²) in [6.45, 7) is 11.0. The highest BCUT2D eigenvalue weighted by atomic mass is 32.2. The molecule has 35 heavy (non-hydrogen) atoms. The van der Waals surface area contributed by atoms with Gasteiger partial charge in [-0.15, -0.1) is 0 Å². The van der Waals surface area contributed by atoms with E-state index in [0.717, 1.165) is 6.07 Å². The van der Waals surface area contributed by atoms with Crippen LogP contribution in [0, 0.1) is 17.0 Å². The summed E-state index contributed by atoms with van der Waals surface area (Å²) in [4.78, 5) is 25.1. The van der Waals surface area contributed by atoms with Gasteiger partial charge in [0, 0.05) is 37.3 Å². The van der Waals surface area contributed by atoms with Crippen LogP contribution in [0.2, 0.25) is 0 Å². The fourth-order valence-electron chi connectivity index (χ4n) is 3.50. The molecule has 2 aromatic rings. The third kappa shape index (κ3) is 5.80. The summed E-state index contributed by atoms with van der Waals surface area (Å²) in [6.07, 6.45) is 0.535. The summed E-state index contributed by atoms with van der Waals surface area (Å²) >= 11 is 0. The molecule has 3 rings (SSSR count). The Balaban J connectivity index is 2.11. The van der Waals surface area contributed by atoms with Crippen LogP contribution in [0.1, 0.15) is 50.2 Å². The number of nitrogens with zero attached hydrogens (tertiary/aromatic N) is 4. The maximum Gasteiger partial charge on any atom is 0.274 e. The van der Waals surface area contributed by atoms with Crippen molar-refractivity contribution in [3.8, 4) is 11.6 Å². The molecule has 1 amide bonds. The number of benzene rings is 1. The van der Waals surface area contributed by atoms with Gasteiger partial charge >= 0.3 is 0 Å². The average Bonchev–Trinajstić information content (AvgIpc) is 3.14. The van der Waals surface area contributed by atoms with Gasteiger partial charge in [-0.1, -0.05) is 6.92 Å². The molecule has 1 aliphatic rings. The number of hydrogen-bond acceptors (Lipinski definition) is 8. The molecule has 1 aromatic carbocycles. The molecule has 12 nitrogen and oxygen atoms in total. The monoisotopic (exact) mass is 509 g/mol. The van der Waals surface area contributed by atoms with Crippen LogP contribution in [0.3, 0.4) is 0 Å². The van der Waals surface area contributed by atoms with Crippen LogP contribution < -0.4 is 9.46 Å². The Morgan fingerprint density at radius 3 is 2.51 bits per heavy atom. The van der Waals surface area contributed by atoms with Gasteiger partial charge in [0.05, 0.1) is 23.7 Å². The number of aromatic nitrogens is 2. The predicted octanol–water partition coefficient (Wildman–Crippen LogP) is 2.81. The highest BCUT2D eigenvalue weighted by Gasteiger charge is 2.32. The lowest BCUT2D eigenvalue weighted by Crippen LogP contribution is -2.41. The van der Waals surface area contributed by atoms with Gasteiger partial charge < -0.3 is 14.4 Å². The van der Waals surface area contributed by atoms with Gasteiger partial charge in [0.25, 0.3) is 11.6 Å². The topological polar surface area (TPSA) is 146 Å². The molecular formula is C22H31N5O7S. The molecule has 0 radical (unpaired) electrons. The van der Waals surface area contributed by atoms with Crippen molar-refractivity contribution in [2.24, 2.45) is 0 Å². The van der Waals surface area contributed by atoms with Gasteiger partial charge in [-0.25, -0.2) is 17.8 Å². The van der Waals surface area contributed by atoms with Crippen molar-refractivity contribution >= 4 is 21.6 Å². The Morgan fingerprint density at radius 2 is 1.94 bits per heavy atom. The Labute approximate surface area is 204 Å². The molecular weight excluding hydrogens is 478 g/mol. The fraction of sp³-hybridized carbons (Fsp3) is 0.545. The molecule has 0 atom stereocenters. The first-order valence-corrected chi connectivity index (χ1v) is 12.8. The third-order valence-electron chi connectivity index (χ3n) is 5.38. The number of hydrogen-bond donors (Lipinski definition) is 1. The number of ether oxygens (including phenoxy) is 2. The average molecular weight is 510 g/mol. The molecule has 13 heteroatoms. The molecule has 0 bridgehead atoms. The van der Waals surface area contributed by atoms with E-state index in [4.69, 9.17) is 9.47 Å². The largest absolute Gasteiger partial charge is 0.438 e. The number of carbonyl (C=O) groups is 1. The van der Waals surface area contributed by atoms with Crippen molar-refractivity contribution in [2.75, 3.05) is 32.8 Å². The number of non-ortho nitro benzene ring substituents is 1. The SMILES string of the molecule is CCCNS(=O)(=O)c1cc([N+](=O)[O-])ccc1Oc1c(C)c(C(=O)N2CCOCC2)nn1C(C)(C)C. The Kier molecular flexibility index (Phi) is 7.82. The number of nitro benzene ring substituents is 1. The number of morpholine rings is 1. The first kappa shape index (κ1) is 26.6. The minimum atomic E-state index is -4.12. The minimum absolute atomic E-state index is 0.113. The van der Waals surface area contributed by atoms with Crippen LogP contribution in [0.4, 0.5) is 5.69 Å². The van der Waals surface area contributed by atoms with Gasteiger partial charge in [0.2, 0.25) is 15.9 Å². The molecule has 1 saturated heterocycles. The summed E-state index contributed by atoms with van der Waals surface area (Å²) in [5.74, 6) is -0.215. The molecule has 0 aliphatic carbocycles. The van der Waals surface area contributed by atoms with E-state index in [1.807, 2.05) is 20.8 Å². The van der Waals surface area contributed by atoms with E-state index in [2.05, 4.69) is 9.82 Å². The van der Waals surface area contributed by atoms with E-state index >= 15 is 0 Å². The molecule has 1 fully saturated rings. The van der Waals surface area contributed by atoms with Crippen LogP contribution >= 0.6 is 0 Å². The van der Waals surface area contributed by atoms with Gasteiger partial charge in [-0.3, -0.25) is 14.9 Å². The van der Waals surface area contributed by atoms with E-state index in [1.54, 1.807) is 18.7 Å². The first-order chi connectivity index (χ1) is 16.4. The van der Waals surface area contributed by atoms with Crippen molar-refractivity contribution < 1.29 is 27.6 Å². The van der Waals surface area contributed by atoms with Crippen molar-refractivity contribution in [1.29, 1.82) is 0 Å². The number of amides is 1. The number of rotatable bonds is 8. The van der Waals surface area contributed by atoms with E-state index < -0.39 is 26.2 Å². The first-order valence-electron chi connectivity index (χ1n) is 11.3. The van der Waals surface area contributed by atoms with Crippen molar-refractivity contribution in [3.63, 3.8) is 0 Å². The summed E-state index contributed by atoms with van der Waals surface area (Å²) < 4.78 is 41.3. The summed E-state index contributed by atoms with van der Waals surface area (Å²) in [6, 6.07) is 3.36. The Morgan fingerprint density at radius 1 is 1.29 bits per heavy atom. The van der Waals surface area contributed by atoms with Crippen molar-refractivity contribution in [2.45, 2.75) is 51.5 Å². The highest BCUT2D eigenvalue weighted by molar-refractivity contribution is 7.89. The zero-order chi connectivity index (χ0) is 26.0. The molecule has 1 N–H and O–H groups in total. The normalized spacial score (nSPS) is 14.7. The molecule has 1 aromatic heterocycles. The van der Waals surface area contributed by atoms with Gasteiger partial charge in [-0.2, -0.15) is 5.10 Å². The number of sulfonamides is 1. The molecule has 2 heterocycles. The number of carbonyl (C=O) groups excluding carboxylic acids is 1. The minimum Gasteiger partial charge on any atom is -0.438 e. The smallest absolute Gasteiger partial charge is 0.274 e. The molecule has 0 unspecified atom stereocenters. The Hall–Kier alpha value is -3.03. The van der Waals surface area contributed by atoms with Crippen LogP contribution in [-0.2, 0) is 20.3 Å². The molecule has 0 spiro atoms. The molecule has 0 saturated carbocycles. The summed E-state index contributed by atoms with van der Waals surface area (Å²) in [5, 5.41) is 15.8. The van der Waals surface area contributed by atoms with Gasteiger partial charge in [0.15, 0.2) is 5.69 Å². The van der Waals surface area contributed by atoms with Crippen LogP contribution in [-0.4, -0.2) is 66.8 Å². The van der Waals surface area contributed by atoms with Gasteiger partial charge in [0.1, 0.15) is 10.6 Å². The molecule has 192 valence electrons. The standard InChI is InChI=1S/C22H31N5O7S/c1-6-9-23-35(31,32)18-14-16(27(29)30)7-8-17(18)34-21-15(2)19(24-26(21)22(3,4)5)20(28)25-10-12-33-13-11-25/h7-8,14,23H,6,9-13H2,1-5H3. The number of nitrogens with one attached hydrogen (secondary N) is 1. The van der Waals surface area contributed by atoms with Crippen LogP contribution in [0.15, 0.2) is 23.1 Å². The zero-order valence-electron chi connectivity index (χ0n) is 20.5. The molecule has 1 aliphatic heterocycles. The maximum absolute atomic E-state index is 13.2. The van der Waals surface area contributed by atoms with Crippen molar-refractivity contribution in [3.05, 3.63) is 39.6 Å². The second-order valence-corrected chi connectivity index (χ2v) is 10.9. The maximum atomic E-state index is 13.2. The quantitative estimate of drug-likeness (QED) is 0.422. The van der Waals surface area contributed by atoms with E-state index in [9.17, 15) is 23.3 Å². The van der Waals surface area contributed by atoms with Crippen molar-refractivity contribution in [1.82, 2.24) is 19.4 Å². The van der Waals surface area contributed by atoms with E-state index in [1.165, 1.54) is 16.8 Å². The van der Waals surface area contributed by atoms with E-state index in [0.29, 0.717) is 38.3 Å². The second-order valence-electron chi connectivity index (χ2n) is 9.15. The van der Waals surface area contributed by atoms with Gasteiger partial charge in [-0.05, 0) is 40.2 Å². The lowest BCUT2D eigenvalue weighted by atomic mass is 10.1. The lowest BCUT2D eigenvalue weighted by Gasteiger charge is -2.26. The van der Waals surface area contributed by atoms with Crippen LogP contribution in [0.5, 0.6) is 11.6 Å². The number of nitro groups is 1. The zero-order valence-corrected chi connectivity index (χ0v) is 21.3. The predicted molar refractivity (Wildman–Crippen MR) is 127 cm³/mol. The van der Waals surface area contributed by atoms with Crippen LogP contribution in [0.25, 0.3) is 0 Å². The Bertz CT molecular complexity index is 1210. The summed E-state index contributed by atoms with van der Waals surface area (Å²) in [5.41, 5.74) is -0.394. The third-order valence-corrected chi connectivity index (χ3v) is 6.86. The fourth-order valence-corrected chi connectivity index (χ4v) is 4.78. The highest BCUT2D eigenvalue weighted by Crippen LogP contribution is 2.36. The lowest BCUT2D eigenvalue weighted by molar-refractivity contribution is -0.385. The van der Waals surface area contributed by atoms with E-state index in [-0.39, 0.29) is 34.7 Å². The second kappa shape index (κ2) is 10.3. The summed E-state index contributed by atoms with van der Waals surface area (Å²) in [7, 11) is -4.12.